The summed E-state index contributed by atoms with van der Waals surface area (Å²) in [4.78, 5) is 25.1. The fourth-order valence-corrected chi connectivity index (χ4v) is 9.11. The van der Waals surface area contributed by atoms with E-state index < -0.39 is 147 Å². The first kappa shape index (κ1) is 65.9. The van der Waals surface area contributed by atoms with E-state index in [0.29, 0.717) is 11.7 Å². The molecule has 0 spiro atoms. The van der Waals surface area contributed by atoms with Crippen molar-refractivity contribution in [3.05, 3.63) is 114 Å². The normalized spacial score (nSPS) is 40.4. The van der Waals surface area contributed by atoms with Gasteiger partial charge in [-0.15, -0.1) is 0 Å². The van der Waals surface area contributed by atoms with Crippen LogP contribution in [0.15, 0.2) is 103 Å². The number of carboxylic acid groups (broad SMARTS) is 1. The molecule has 2 fully saturated rings. The number of hydrogen-bond donors (Lipinski definition) is 13. The molecule has 19 heteroatoms. The summed E-state index contributed by atoms with van der Waals surface area (Å²) in [6.07, 6.45) is 3.55. The number of phenols is 1. The van der Waals surface area contributed by atoms with Gasteiger partial charge in [0.05, 0.1) is 79.6 Å². The predicted molar refractivity (Wildman–Crippen MR) is 284 cm³/mol. The van der Waals surface area contributed by atoms with Crippen molar-refractivity contribution < 1.29 is 89.8 Å². The predicted octanol–water partition coefficient (Wildman–Crippen LogP) is 3.54. The van der Waals surface area contributed by atoms with Gasteiger partial charge in [-0.2, -0.15) is 0 Å². The molecule has 0 aliphatic carbocycles. The lowest BCUT2D eigenvalue weighted by atomic mass is 9.82. The Morgan fingerprint density at radius 3 is 1.84 bits per heavy atom. The Kier molecular flexibility index (Phi) is 28.1. The number of aliphatic hydroxyl groups excluding tert-OH is 9. The second-order valence-electron chi connectivity index (χ2n) is 20.8. The smallest absolute Gasteiger partial charge is 0.311 e. The molecule has 3 aliphatic heterocycles. The number of carbonyl (C=O) groups is 2. The van der Waals surface area contributed by atoms with Crippen molar-refractivity contribution in [1.82, 2.24) is 0 Å². The Morgan fingerprint density at radius 2 is 1.28 bits per heavy atom. The Balaban J connectivity index is 0.00000122. The molecular weight excluding hydrogens is 987 g/mol. The molecule has 0 radical (unpaired) electrons. The van der Waals surface area contributed by atoms with Crippen molar-refractivity contribution in [3.8, 4) is 5.75 Å². The number of phenolic OH excluding ortho intramolecular Hbond substituents is 1. The molecule has 1 aromatic carbocycles. The quantitative estimate of drug-likeness (QED) is 0.192. The lowest BCUT2D eigenvalue weighted by Gasteiger charge is -2.45. The minimum absolute atomic E-state index is 0.140. The zero-order chi connectivity index (χ0) is 56.9. The van der Waals surface area contributed by atoms with Gasteiger partial charge in [-0.1, -0.05) is 125 Å². The number of aryl methyl sites for hydroxylation is 1. The van der Waals surface area contributed by atoms with E-state index in [2.05, 4.69) is 13.8 Å². The van der Waals surface area contributed by atoms with E-state index in [1.807, 2.05) is 32.1 Å². The van der Waals surface area contributed by atoms with Gasteiger partial charge in [0, 0.05) is 37.5 Å². The van der Waals surface area contributed by atoms with Gasteiger partial charge in [0.2, 0.25) is 0 Å². The third-order valence-corrected chi connectivity index (χ3v) is 13.8. The zero-order valence-corrected chi connectivity index (χ0v) is 44.8. The maximum Gasteiger partial charge on any atom is 0.311 e. The van der Waals surface area contributed by atoms with Crippen LogP contribution in [0.2, 0.25) is 0 Å². The number of carbonyl (C=O) groups excluding carboxylic acids is 1. The van der Waals surface area contributed by atoms with E-state index in [1.165, 1.54) is 13.0 Å². The topological polar surface area (TPSA) is 340 Å². The summed E-state index contributed by atoms with van der Waals surface area (Å²) < 4.78 is 23.1. The summed E-state index contributed by atoms with van der Waals surface area (Å²) in [5.74, 6) is -6.01. The number of cyclic esters (lactones) is 1. The third kappa shape index (κ3) is 22.1. The number of benzene rings is 1. The van der Waals surface area contributed by atoms with Gasteiger partial charge in [-0.3, -0.25) is 9.59 Å². The van der Waals surface area contributed by atoms with Gasteiger partial charge in [0.1, 0.15) is 23.9 Å². The Labute approximate surface area is 447 Å². The monoisotopic (exact) mass is 1070 g/mol. The van der Waals surface area contributed by atoms with Crippen molar-refractivity contribution in [2.75, 3.05) is 0 Å². The van der Waals surface area contributed by atoms with Crippen LogP contribution in [-0.2, 0) is 28.5 Å². The number of aliphatic hydroxyl groups is 10. The molecule has 4 rings (SSSR count). The van der Waals surface area contributed by atoms with Crippen LogP contribution in [0.5, 0.6) is 5.75 Å². The maximum atomic E-state index is 12.6. The average Bonchev–Trinajstić information content (AvgIpc) is 3.32. The second-order valence-corrected chi connectivity index (χ2v) is 20.8. The number of allylic oxidation sites excluding steroid dienone is 12. The van der Waals surface area contributed by atoms with Crippen LogP contribution in [-0.4, -0.2) is 171 Å². The van der Waals surface area contributed by atoms with E-state index in [-0.39, 0.29) is 31.6 Å². The van der Waals surface area contributed by atoms with Gasteiger partial charge in [-0.25, -0.2) is 0 Å². The lowest BCUT2D eigenvalue weighted by molar-refractivity contribution is -0.308. The van der Waals surface area contributed by atoms with Crippen LogP contribution in [0.3, 0.4) is 0 Å². The molecule has 19 nitrogen and oxygen atoms in total. The van der Waals surface area contributed by atoms with Gasteiger partial charge >= 0.3 is 11.9 Å². The number of ether oxygens (including phenoxy) is 4. The summed E-state index contributed by atoms with van der Waals surface area (Å²) in [7, 11) is 0. The summed E-state index contributed by atoms with van der Waals surface area (Å²) in [6, 6.07) is 4.66. The molecule has 2 saturated heterocycles. The molecule has 1 aromatic rings. The highest BCUT2D eigenvalue weighted by Gasteiger charge is 2.51. The molecule has 3 aliphatic rings. The van der Waals surface area contributed by atoms with Crippen molar-refractivity contribution in [3.63, 3.8) is 0 Å². The minimum Gasteiger partial charge on any atom is -0.508 e. The number of esters is 1. The fraction of sp³-hybridized carbons (Fsp3) is 0.614. The van der Waals surface area contributed by atoms with Gasteiger partial charge in [-0.05, 0) is 63.1 Å². The first-order chi connectivity index (χ1) is 35.7. The van der Waals surface area contributed by atoms with E-state index in [9.17, 15) is 70.9 Å². The first-order valence-electron chi connectivity index (χ1n) is 26.2. The number of carboxylic acids is 1. The average molecular weight is 1070 g/mol. The zero-order valence-electron chi connectivity index (χ0n) is 44.8. The standard InChI is InChI=1S/C47H73NO17.C10H14O/c1-27-17-15-13-11-9-7-5-6-8-10-12-14-16-18-34(64-46-44(58)41(48)43(57)30(4)63-46)24-38-40(45(59)60)37(54)26-47(61,65-38)25-33(51)21-31(49)19-20-35(52)36(53)22-32(50)23-39(55)62-29(3)28(2)42(27)56;1-7(2)9-5-4-8(3)6-10(9)11/h5-18,27-38,40-44,46,49-54,56-58,61H,19-26,48H2,1-4H3,(H,59,60);4-7,11H,1-3H3/b6-5+,9-7+,10-8+,13-11+,14-12+,17-15+,18-16+;/t27-,28+,29-,30+,31-,32+,33-,34-,35-,36-,37-,38-,40+,41-,42+,43+,44-,46-,47+;/m0./s1. The van der Waals surface area contributed by atoms with Crippen molar-refractivity contribution in [1.29, 1.82) is 0 Å². The Hall–Kier alpha value is -4.42. The van der Waals surface area contributed by atoms with Crippen LogP contribution >= 0.6 is 0 Å². The minimum atomic E-state index is -2.29. The highest BCUT2D eigenvalue weighted by atomic mass is 16.7. The van der Waals surface area contributed by atoms with E-state index in [4.69, 9.17) is 24.7 Å². The SMILES string of the molecule is C[C@H]1[C@H](O)[C@@H](C)/C=C/C=C/C=C/C=C/C=C/C=C/C=C/[C@H](O[C@@H]2O[C@H](C)[C@@H](O)[C@H](N)[C@@H]2O)C[C@@H]2O[C@](O)(C[C@@H](O)C[C@@H](O)CC[C@H](O)[C@@H](O)C[C@@H](O)CC(=O)O[C@H]1C)C[C@H](O)[C@H]2C(=O)O.Cc1ccc(C(C)C)c(O)c1. The molecule has 19 atom stereocenters. The Morgan fingerprint density at radius 1 is 0.697 bits per heavy atom. The van der Waals surface area contributed by atoms with E-state index >= 15 is 0 Å². The van der Waals surface area contributed by atoms with Crippen LogP contribution in [0.4, 0.5) is 0 Å². The summed E-state index contributed by atoms with van der Waals surface area (Å²) in [6.45, 7) is 12.8. The van der Waals surface area contributed by atoms with Gasteiger partial charge < -0.3 is 86.0 Å². The molecule has 0 saturated carbocycles. The van der Waals surface area contributed by atoms with E-state index in [1.54, 1.807) is 92.8 Å². The lowest BCUT2D eigenvalue weighted by Crippen LogP contribution is -2.61. The summed E-state index contributed by atoms with van der Waals surface area (Å²) in [5, 5.41) is 127. The fourth-order valence-electron chi connectivity index (χ4n) is 9.11. The molecule has 14 N–H and O–H groups in total. The highest BCUT2D eigenvalue weighted by molar-refractivity contribution is 5.71. The Bertz CT molecular complexity index is 2120. The molecule has 428 valence electrons. The number of fused-ring (bicyclic) bond motifs is 2. The molecular formula is C57H87NO18. The van der Waals surface area contributed by atoms with Gasteiger partial charge in [0.15, 0.2) is 12.1 Å². The number of rotatable bonds is 4. The molecule has 0 amide bonds. The van der Waals surface area contributed by atoms with Crippen LogP contribution < -0.4 is 5.73 Å². The van der Waals surface area contributed by atoms with Crippen LogP contribution in [0.25, 0.3) is 0 Å². The molecule has 0 unspecified atom stereocenters. The number of nitrogens with two attached hydrogens (primary N) is 1. The summed E-state index contributed by atoms with van der Waals surface area (Å²) in [5.41, 5.74) is 8.15. The van der Waals surface area contributed by atoms with Crippen LogP contribution in [0, 0.1) is 24.7 Å². The largest absolute Gasteiger partial charge is 0.508 e. The van der Waals surface area contributed by atoms with Crippen LogP contribution in [0.1, 0.15) is 110 Å². The number of aliphatic carboxylic acids is 1. The summed E-state index contributed by atoms with van der Waals surface area (Å²) >= 11 is 0. The highest BCUT2D eigenvalue weighted by Crippen LogP contribution is 2.38. The second kappa shape index (κ2) is 32.5. The number of hydrogen-bond acceptors (Lipinski definition) is 18. The molecule has 0 aromatic heterocycles. The number of aromatic hydroxyl groups is 1. The first-order valence-corrected chi connectivity index (χ1v) is 26.2. The molecule has 2 bridgehead atoms. The molecule has 76 heavy (non-hydrogen) atoms. The maximum absolute atomic E-state index is 12.6. The van der Waals surface area contributed by atoms with Crippen molar-refractivity contribution >= 4 is 11.9 Å². The van der Waals surface area contributed by atoms with Crippen molar-refractivity contribution in [2.45, 2.75) is 203 Å². The van der Waals surface area contributed by atoms with E-state index in [0.717, 1.165) is 11.1 Å². The molecule has 3 heterocycles. The van der Waals surface area contributed by atoms with Crippen molar-refractivity contribution in [2.24, 2.45) is 23.5 Å². The third-order valence-electron chi connectivity index (χ3n) is 13.8. The van der Waals surface area contributed by atoms with Gasteiger partial charge in [0.25, 0.3) is 0 Å².